The predicted molar refractivity (Wildman–Crippen MR) is 148 cm³/mol. The average Bonchev–Trinajstić information content (AvgIpc) is 2.89. The quantitative estimate of drug-likeness (QED) is 0.0947. The van der Waals surface area contributed by atoms with E-state index in [1.807, 2.05) is 60.7 Å². The molecule has 0 aromatic heterocycles. The van der Waals surface area contributed by atoms with Crippen LogP contribution in [-0.2, 0) is 6.61 Å². The van der Waals surface area contributed by atoms with Gasteiger partial charge in [-0.25, -0.2) is 0 Å². The predicted octanol–water partition coefficient (Wildman–Crippen LogP) is 8.16. The van der Waals surface area contributed by atoms with E-state index in [9.17, 15) is 9.90 Å². The van der Waals surface area contributed by atoms with Gasteiger partial charge in [-0.3, -0.25) is 4.79 Å². The molecule has 4 aromatic rings. The average molecular weight is 541 g/mol. The molecule has 0 aliphatic carbocycles. The Balaban J connectivity index is 1.62. The second kappa shape index (κ2) is 12.4. The molecule has 4 rings (SSSR count). The zero-order chi connectivity index (χ0) is 24.6. The first-order chi connectivity index (χ1) is 17.0. The number of phenols is 1. The molecule has 0 saturated heterocycles. The first kappa shape index (κ1) is 25.5. The van der Waals surface area contributed by atoms with Crippen molar-refractivity contribution in [3.63, 3.8) is 0 Å². The summed E-state index contributed by atoms with van der Waals surface area (Å²) in [4.78, 5) is 14.1. The van der Waals surface area contributed by atoms with Gasteiger partial charge < -0.3 is 14.0 Å². The van der Waals surface area contributed by atoms with E-state index in [1.165, 1.54) is 17.8 Å². The van der Waals surface area contributed by atoms with Gasteiger partial charge in [-0.1, -0.05) is 72.3 Å². The molecule has 178 valence electrons. The highest BCUT2D eigenvalue weighted by molar-refractivity contribution is 8.41. The van der Waals surface area contributed by atoms with E-state index in [2.05, 4.69) is 8.44 Å². The number of hydrogen-bond acceptors (Lipinski definition) is 6. The zero-order valence-electron chi connectivity index (χ0n) is 18.5. The molecular weight excluding hydrogens is 519 g/mol. The fraction of sp³-hybridized carbons (Fsp3) is 0.0741. The summed E-state index contributed by atoms with van der Waals surface area (Å²) < 4.78 is 11.3. The number of ketones is 1. The maximum absolute atomic E-state index is 13.6. The molecule has 0 heterocycles. The van der Waals surface area contributed by atoms with Crippen LogP contribution in [0, 0.1) is 0 Å². The fourth-order valence-corrected chi connectivity index (χ4v) is 5.29. The lowest BCUT2D eigenvalue weighted by molar-refractivity contribution is 0.0989. The molecular formula is C27H22ClO4PS2. The Hall–Kier alpha value is -2.63. The number of phenolic OH excluding ortho intramolecular Hbond substituents is 1. The second-order valence-electron chi connectivity index (χ2n) is 7.50. The molecule has 1 N–H and O–H groups in total. The van der Waals surface area contributed by atoms with Crippen LogP contribution in [0.25, 0.3) is 0 Å². The van der Waals surface area contributed by atoms with Gasteiger partial charge in [-0.05, 0) is 49.9 Å². The van der Waals surface area contributed by atoms with Crippen molar-refractivity contribution in [1.29, 1.82) is 0 Å². The van der Waals surface area contributed by atoms with Crippen molar-refractivity contribution in [2.75, 3.05) is 0 Å². The van der Waals surface area contributed by atoms with Crippen LogP contribution in [0.15, 0.2) is 102 Å². The molecule has 0 fully saturated rings. The molecule has 4 nitrogen and oxygen atoms in total. The summed E-state index contributed by atoms with van der Waals surface area (Å²) >= 11 is 8.76. The van der Waals surface area contributed by atoms with E-state index < -0.39 is 5.25 Å². The topological polar surface area (TPSA) is 55.8 Å². The van der Waals surface area contributed by atoms with E-state index in [-0.39, 0.29) is 11.5 Å². The molecule has 0 amide bonds. The van der Waals surface area contributed by atoms with E-state index >= 15 is 0 Å². The van der Waals surface area contributed by atoms with Crippen LogP contribution in [0.5, 0.6) is 17.2 Å². The zero-order valence-corrected chi connectivity index (χ0v) is 22.0. The number of benzene rings is 4. The van der Waals surface area contributed by atoms with Crippen molar-refractivity contribution in [2.45, 2.75) is 16.8 Å². The Morgan fingerprint density at radius 3 is 2.26 bits per heavy atom. The fourth-order valence-electron chi connectivity index (χ4n) is 3.37. The molecule has 0 bridgehead atoms. The number of rotatable bonds is 10. The Morgan fingerprint density at radius 1 is 0.943 bits per heavy atom. The molecule has 0 spiro atoms. The number of aromatic hydroxyl groups is 1. The maximum atomic E-state index is 13.6. The summed E-state index contributed by atoms with van der Waals surface area (Å²) in [6.07, 6.45) is 0. The number of thioether (sulfide) groups is 1. The second-order valence-corrected chi connectivity index (χ2v) is 9.99. The minimum absolute atomic E-state index is 0.0120. The van der Waals surface area contributed by atoms with Gasteiger partial charge in [0.25, 0.3) is 0 Å². The smallest absolute Gasteiger partial charge is 0.180 e. The van der Waals surface area contributed by atoms with Gasteiger partial charge in [-0.15, -0.1) is 11.8 Å². The highest BCUT2D eigenvalue weighted by Crippen LogP contribution is 2.45. The van der Waals surface area contributed by atoms with Gasteiger partial charge >= 0.3 is 0 Å². The Bertz CT molecular complexity index is 1270. The van der Waals surface area contributed by atoms with Gasteiger partial charge in [0, 0.05) is 11.6 Å². The number of ether oxygens (including phenoxy) is 1. The van der Waals surface area contributed by atoms with E-state index in [0.717, 1.165) is 22.8 Å². The number of carbonyl (C=O) groups is 1. The lowest BCUT2D eigenvalue weighted by Gasteiger charge is -2.18. The van der Waals surface area contributed by atoms with Crippen LogP contribution >= 0.6 is 43.5 Å². The van der Waals surface area contributed by atoms with Crippen LogP contribution in [-0.4, -0.2) is 10.9 Å². The molecule has 4 aromatic carbocycles. The summed E-state index contributed by atoms with van der Waals surface area (Å²) in [7, 11) is 2.42. The third-order valence-corrected chi connectivity index (χ3v) is 7.29. The summed E-state index contributed by atoms with van der Waals surface area (Å²) in [6, 6.07) is 29.3. The summed E-state index contributed by atoms with van der Waals surface area (Å²) in [5.41, 5.74) is 2.36. The standard InChI is InChI=1S/C27H22ClO4PS2/c28-22-15-23(29)25(16-24(22)31-17-18-7-3-1-4-8-18)34-27(20-9-5-2-6-10-20)26(30)19-11-13-21(14-12-19)32-35-33/h1-16,27,29H,17,33H2. The Kier molecular flexibility index (Phi) is 9.00. The van der Waals surface area contributed by atoms with Crippen LogP contribution in [0.4, 0.5) is 0 Å². The SMILES string of the molecule is O=C(c1ccc(OSP)cc1)C(Sc1cc(OCc2ccccc2)c(Cl)cc1O)c1ccccc1. The van der Waals surface area contributed by atoms with Crippen molar-refractivity contribution < 1.29 is 18.8 Å². The lowest BCUT2D eigenvalue weighted by Crippen LogP contribution is -2.10. The third kappa shape index (κ3) is 6.74. The molecule has 0 aliphatic heterocycles. The molecule has 0 radical (unpaired) electrons. The Morgan fingerprint density at radius 2 is 1.60 bits per heavy atom. The van der Waals surface area contributed by atoms with Crippen LogP contribution in [0.3, 0.4) is 0 Å². The minimum atomic E-state index is -0.590. The number of hydrogen-bond donors (Lipinski definition) is 1. The van der Waals surface area contributed by atoms with Gasteiger partial charge in [0.05, 0.1) is 26.8 Å². The molecule has 35 heavy (non-hydrogen) atoms. The number of Topliss-reactive ketones (excluding diaryl/α,β-unsaturated/α-hetero) is 1. The highest BCUT2D eigenvalue weighted by Gasteiger charge is 2.25. The first-order valence-electron chi connectivity index (χ1n) is 10.6. The van der Waals surface area contributed by atoms with Gasteiger partial charge in [0.2, 0.25) is 0 Å². The van der Waals surface area contributed by atoms with Crippen molar-refractivity contribution in [2.24, 2.45) is 0 Å². The molecule has 0 saturated carbocycles. The van der Waals surface area contributed by atoms with Gasteiger partial charge in [0.15, 0.2) is 5.78 Å². The molecule has 2 unspecified atom stereocenters. The minimum Gasteiger partial charge on any atom is -0.507 e. The van der Waals surface area contributed by atoms with Crippen molar-refractivity contribution in [1.82, 2.24) is 0 Å². The first-order valence-corrected chi connectivity index (χ1v) is 14.1. The third-order valence-electron chi connectivity index (χ3n) is 5.12. The maximum Gasteiger partial charge on any atom is 0.180 e. The van der Waals surface area contributed by atoms with Crippen molar-refractivity contribution in [3.8, 4) is 17.2 Å². The van der Waals surface area contributed by atoms with Gasteiger partial charge in [-0.2, -0.15) is 0 Å². The molecule has 8 heteroatoms. The monoisotopic (exact) mass is 540 g/mol. The number of halogens is 1. The highest BCUT2D eigenvalue weighted by atomic mass is 35.5. The van der Waals surface area contributed by atoms with Crippen LogP contribution in [0.1, 0.15) is 26.7 Å². The van der Waals surface area contributed by atoms with E-state index in [1.54, 1.807) is 30.3 Å². The van der Waals surface area contributed by atoms with Crippen molar-refractivity contribution >= 4 is 49.3 Å². The van der Waals surface area contributed by atoms with Crippen molar-refractivity contribution in [3.05, 3.63) is 119 Å². The van der Waals surface area contributed by atoms with E-state index in [0.29, 0.717) is 33.6 Å². The number of carbonyl (C=O) groups excluding carboxylic acids is 1. The van der Waals surface area contributed by atoms with Gasteiger partial charge in [0.1, 0.15) is 23.9 Å². The summed E-state index contributed by atoms with van der Waals surface area (Å²) in [5.74, 6) is 0.988. The lowest BCUT2D eigenvalue weighted by atomic mass is 10.0. The van der Waals surface area contributed by atoms with Crippen LogP contribution < -0.4 is 8.92 Å². The largest absolute Gasteiger partial charge is 0.507 e. The van der Waals surface area contributed by atoms with E-state index in [4.69, 9.17) is 20.5 Å². The Labute approximate surface area is 220 Å². The molecule has 2 atom stereocenters. The summed E-state index contributed by atoms with van der Waals surface area (Å²) in [5, 5.41) is 10.4. The summed E-state index contributed by atoms with van der Waals surface area (Å²) in [6.45, 7) is 0.333. The molecule has 0 aliphatic rings. The van der Waals surface area contributed by atoms with Crippen LogP contribution in [0.2, 0.25) is 5.02 Å². The normalized spacial score (nSPS) is 11.6.